The zero-order chi connectivity index (χ0) is 12.8. The third-order valence-corrected chi connectivity index (χ3v) is 3.11. The molecular formula is C14H25N3. The number of nitrogens with zero attached hydrogens (tertiary/aromatic N) is 2. The summed E-state index contributed by atoms with van der Waals surface area (Å²) in [6.07, 6.45) is 3.13. The molecule has 0 saturated carbocycles. The molecule has 1 unspecified atom stereocenters. The molecule has 17 heavy (non-hydrogen) atoms. The van der Waals surface area contributed by atoms with E-state index in [1.165, 1.54) is 5.56 Å². The zero-order valence-corrected chi connectivity index (χ0v) is 11.7. The topological polar surface area (TPSA) is 28.2 Å². The van der Waals surface area contributed by atoms with E-state index in [4.69, 9.17) is 0 Å². The van der Waals surface area contributed by atoms with E-state index in [9.17, 15) is 0 Å². The SMILES string of the molecule is CCCNC(C)c1ccc(N(C)C(C)C)nc1. The maximum Gasteiger partial charge on any atom is 0.128 e. The molecule has 0 aliphatic rings. The Kier molecular flexibility index (Phi) is 5.42. The Hall–Kier alpha value is -1.09. The van der Waals surface area contributed by atoms with Crippen LogP contribution in [-0.2, 0) is 0 Å². The van der Waals surface area contributed by atoms with Gasteiger partial charge in [-0.1, -0.05) is 13.0 Å². The van der Waals surface area contributed by atoms with Crippen molar-refractivity contribution in [1.29, 1.82) is 0 Å². The van der Waals surface area contributed by atoms with Crippen LogP contribution in [0.1, 0.15) is 45.7 Å². The number of nitrogens with one attached hydrogen (secondary N) is 1. The molecule has 1 atom stereocenters. The first kappa shape index (κ1) is 14.0. The van der Waals surface area contributed by atoms with Crippen LogP contribution >= 0.6 is 0 Å². The smallest absolute Gasteiger partial charge is 0.128 e. The van der Waals surface area contributed by atoms with Gasteiger partial charge in [0.25, 0.3) is 0 Å². The second kappa shape index (κ2) is 6.60. The van der Waals surface area contributed by atoms with Gasteiger partial charge in [-0.2, -0.15) is 0 Å². The van der Waals surface area contributed by atoms with Crippen LogP contribution in [0.25, 0.3) is 0 Å². The molecule has 3 heteroatoms. The highest BCUT2D eigenvalue weighted by Crippen LogP contribution is 2.16. The predicted octanol–water partition coefficient (Wildman–Crippen LogP) is 2.99. The summed E-state index contributed by atoms with van der Waals surface area (Å²) in [6.45, 7) is 9.74. The second-order valence-corrected chi connectivity index (χ2v) is 4.83. The fraction of sp³-hybridized carbons (Fsp3) is 0.643. The highest BCUT2D eigenvalue weighted by molar-refractivity contribution is 5.39. The summed E-state index contributed by atoms with van der Waals surface area (Å²) >= 11 is 0. The van der Waals surface area contributed by atoms with Crippen LogP contribution in [0.5, 0.6) is 0 Å². The predicted molar refractivity (Wildman–Crippen MR) is 74.5 cm³/mol. The lowest BCUT2D eigenvalue weighted by Gasteiger charge is -2.23. The molecule has 1 aromatic heterocycles. The maximum atomic E-state index is 4.51. The fourth-order valence-electron chi connectivity index (χ4n) is 1.61. The summed E-state index contributed by atoms with van der Waals surface area (Å²) in [4.78, 5) is 6.69. The normalized spacial score (nSPS) is 12.8. The molecule has 96 valence electrons. The molecule has 0 aliphatic carbocycles. The number of aromatic nitrogens is 1. The molecule has 1 N–H and O–H groups in total. The maximum absolute atomic E-state index is 4.51. The molecule has 1 rings (SSSR count). The van der Waals surface area contributed by atoms with Gasteiger partial charge in [0.2, 0.25) is 0 Å². The molecule has 0 aliphatic heterocycles. The van der Waals surface area contributed by atoms with Crippen LogP contribution < -0.4 is 10.2 Å². The summed E-state index contributed by atoms with van der Waals surface area (Å²) in [7, 11) is 2.07. The van der Waals surface area contributed by atoms with Crippen LogP contribution in [0.3, 0.4) is 0 Å². The molecule has 0 radical (unpaired) electrons. The van der Waals surface area contributed by atoms with Gasteiger partial charge in [-0.3, -0.25) is 0 Å². The zero-order valence-electron chi connectivity index (χ0n) is 11.7. The van der Waals surface area contributed by atoms with Crippen molar-refractivity contribution >= 4 is 5.82 Å². The van der Waals surface area contributed by atoms with E-state index in [1.54, 1.807) is 0 Å². The Balaban J connectivity index is 2.67. The van der Waals surface area contributed by atoms with Gasteiger partial charge in [-0.25, -0.2) is 4.98 Å². The van der Waals surface area contributed by atoms with E-state index < -0.39 is 0 Å². The van der Waals surface area contributed by atoms with Crippen molar-refractivity contribution in [2.45, 2.75) is 46.2 Å². The van der Waals surface area contributed by atoms with Crippen molar-refractivity contribution in [2.75, 3.05) is 18.5 Å². The molecule has 0 aromatic carbocycles. The molecule has 0 amide bonds. The van der Waals surface area contributed by atoms with Gasteiger partial charge >= 0.3 is 0 Å². The number of hydrogen-bond acceptors (Lipinski definition) is 3. The van der Waals surface area contributed by atoms with Crippen molar-refractivity contribution in [3.8, 4) is 0 Å². The third-order valence-electron chi connectivity index (χ3n) is 3.11. The number of hydrogen-bond donors (Lipinski definition) is 1. The average Bonchev–Trinajstić information content (AvgIpc) is 2.35. The van der Waals surface area contributed by atoms with Crippen molar-refractivity contribution in [3.05, 3.63) is 23.9 Å². The quantitative estimate of drug-likeness (QED) is 0.821. The first-order valence-electron chi connectivity index (χ1n) is 6.48. The lowest BCUT2D eigenvalue weighted by Crippen LogP contribution is -2.26. The Morgan fingerprint density at radius 3 is 2.47 bits per heavy atom. The van der Waals surface area contributed by atoms with E-state index in [-0.39, 0.29) is 0 Å². The van der Waals surface area contributed by atoms with Gasteiger partial charge in [0.05, 0.1) is 0 Å². The molecule has 1 heterocycles. The van der Waals surface area contributed by atoms with Gasteiger partial charge in [-0.15, -0.1) is 0 Å². The Labute approximate surface area is 105 Å². The number of anilines is 1. The fourth-order valence-corrected chi connectivity index (χ4v) is 1.61. The first-order valence-corrected chi connectivity index (χ1v) is 6.48. The van der Waals surface area contributed by atoms with E-state index >= 15 is 0 Å². The van der Waals surface area contributed by atoms with Gasteiger partial charge < -0.3 is 10.2 Å². The van der Waals surface area contributed by atoms with Crippen molar-refractivity contribution in [2.24, 2.45) is 0 Å². The lowest BCUT2D eigenvalue weighted by atomic mass is 10.1. The summed E-state index contributed by atoms with van der Waals surface area (Å²) < 4.78 is 0. The monoisotopic (exact) mass is 235 g/mol. The highest BCUT2D eigenvalue weighted by Gasteiger charge is 2.08. The number of pyridine rings is 1. The van der Waals surface area contributed by atoms with Crippen molar-refractivity contribution < 1.29 is 0 Å². The minimum atomic E-state index is 0.376. The van der Waals surface area contributed by atoms with E-state index in [0.717, 1.165) is 18.8 Å². The summed E-state index contributed by atoms with van der Waals surface area (Å²) in [5.41, 5.74) is 1.25. The van der Waals surface area contributed by atoms with Gasteiger partial charge in [0, 0.05) is 25.3 Å². The van der Waals surface area contributed by atoms with E-state index in [1.807, 2.05) is 6.20 Å². The minimum absolute atomic E-state index is 0.376. The van der Waals surface area contributed by atoms with E-state index in [2.05, 4.69) is 62.1 Å². The average molecular weight is 235 g/mol. The van der Waals surface area contributed by atoms with Crippen LogP contribution in [0.4, 0.5) is 5.82 Å². The van der Waals surface area contributed by atoms with Crippen LogP contribution in [-0.4, -0.2) is 24.6 Å². The van der Waals surface area contributed by atoms with Crippen molar-refractivity contribution in [1.82, 2.24) is 10.3 Å². The van der Waals surface area contributed by atoms with Crippen LogP contribution in [0.2, 0.25) is 0 Å². The van der Waals surface area contributed by atoms with Gasteiger partial charge in [0.1, 0.15) is 5.82 Å². The molecule has 0 spiro atoms. The van der Waals surface area contributed by atoms with Crippen LogP contribution in [0, 0.1) is 0 Å². The third kappa shape index (κ3) is 4.00. The van der Waals surface area contributed by atoms with Crippen LogP contribution in [0.15, 0.2) is 18.3 Å². The van der Waals surface area contributed by atoms with Gasteiger partial charge in [-0.05, 0) is 45.4 Å². The lowest BCUT2D eigenvalue weighted by molar-refractivity contribution is 0.569. The van der Waals surface area contributed by atoms with E-state index in [0.29, 0.717) is 12.1 Å². The van der Waals surface area contributed by atoms with Crippen molar-refractivity contribution in [3.63, 3.8) is 0 Å². The highest BCUT2D eigenvalue weighted by atomic mass is 15.2. The molecule has 0 fully saturated rings. The molecule has 1 aromatic rings. The molecular weight excluding hydrogens is 210 g/mol. The summed E-state index contributed by atoms with van der Waals surface area (Å²) in [6, 6.07) is 5.11. The Bertz CT molecular complexity index is 319. The molecule has 0 saturated heterocycles. The standard InChI is InChI=1S/C14H25N3/c1-6-9-15-12(4)13-7-8-14(16-10-13)17(5)11(2)3/h7-8,10-12,15H,6,9H2,1-5H3. The molecule has 0 bridgehead atoms. The Morgan fingerprint density at radius 1 is 1.29 bits per heavy atom. The second-order valence-electron chi connectivity index (χ2n) is 4.83. The first-order chi connectivity index (χ1) is 8.06. The van der Waals surface area contributed by atoms with Gasteiger partial charge in [0.15, 0.2) is 0 Å². The number of rotatable bonds is 6. The largest absolute Gasteiger partial charge is 0.357 e. The minimum Gasteiger partial charge on any atom is -0.357 e. The Morgan fingerprint density at radius 2 is 2.00 bits per heavy atom. The summed E-state index contributed by atoms with van der Waals surface area (Å²) in [5.74, 6) is 1.03. The molecule has 3 nitrogen and oxygen atoms in total. The summed E-state index contributed by atoms with van der Waals surface area (Å²) in [5, 5.41) is 3.47.